The number of carbonyl (C=O) groups is 1. The molecular weight excluding hydrogens is 476 g/mol. The number of pyridine rings is 1. The van der Waals surface area contributed by atoms with Crippen LogP contribution in [0.4, 0.5) is 5.69 Å². The van der Waals surface area contributed by atoms with Crippen LogP contribution in [0, 0.1) is 0 Å². The van der Waals surface area contributed by atoms with E-state index in [0.717, 1.165) is 39.6 Å². The van der Waals surface area contributed by atoms with Crippen molar-refractivity contribution in [1.29, 1.82) is 0 Å². The fourth-order valence-electron chi connectivity index (χ4n) is 3.80. The standard InChI is InChI=1S/C27H21BrN4O/c28-21-10-6-9-20(15-21)26-16-24(23-11-4-5-12-25(23)31-26)27(33)30-22-17-29-32(18-22)14-13-19-7-2-1-3-8-19/h1-12,15-18H,13-14H2,(H,30,33). The number of fused-ring (bicyclic) bond motifs is 1. The third-order valence-corrected chi connectivity index (χ3v) is 5.94. The number of hydrogen-bond donors (Lipinski definition) is 1. The summed E-state index contributed by atoms with van der Waals surface area (Å²) in [4.78, 5) is 18.1. The van der Waals surface area contributed by atoms with Gasteiger partial charge in [0.05, 0.1) is 28.7 Å². The number of nitrogens with one attached hydrogen (secondary N) is 1. The molecule has 2 heterocycles. The molecule has 5 aromatic rings. The van der Waals surface area contributed by atoms with E-state index in [1.807, 2.05) is 83.7 Å². The second-order valence-corrected chi connectivity index (χ2v) is 8.68. The minimum absolute atomic E-state index is 0.188. The van der Waals surface area contributed by atoms with Crippen LogP contribution in [-0.4, -0.2) is 20.7 Å². The fourth-order valence-corrected chi connectivity index (χ4v) is 4.20. The third kappa shape index (κ3) is 4.86. The number of anilines is 1. The summed E-state index contributed by atoms with van der Waals surface area (Å²) in [5.41, 5.74) is 4.96. The van der Waals surface area contributed by atoms with Crippen molar-refractivity contribution in [3.05, 3.63) is 113 Å². The van der Waals surface area contributed by atoms with Crippen molar-refractivity contribution in [1.82, 2.24) is 14.8 Å². The molecule has 0 unspecified atom stereocenters. The van der Waals surface area contributed by atoms with Crippen LogP contribution in [0.2, 0.25) is 0 Å². The summed E-state index contributed by atoms with van der Waals surface area (Å²) in [5, 5.41) is 8.21. The highest BCUT2D eigenvalue weighted by Gasteiger charge is 2.15. The van der Waals surface area contributed by atoms with Crippen molar-refractivity contribution in [2.75, 3.05) is 5.32 Å². The lowest BCUT2D eigenvalue weighted by Crippen LogP contribution is -2.13. The number of aromatic nitrogens is 3. The number of carbonyl (C=O) groups excluding carboxylic acids is 1. The van der Waals surface area contributed by atoms with Crippen molar-refractivity contribution in [2.24, 2.45) is 0 Å². The van der Waals surface area contributed by atoms with Gasteiger partial charge in [-0.2, -0.15) is 5.10 Å². The van der Waals surface area contributed by atoms with Crippen molar-refractivity contribution >= 4 is 38.4 Å². The average molecular weight is 497 g/mol. The number of halogens is 1. The number of nitrogens with zero attached hydrogens (tertiary/aromatic N) is 3. The van der Waals surface area contributed by atoms with E-state index in [4.69, 9.17) is 4.98 Å². The zero-order chi connectivity index (χ0) is 22.6. The summed E-state index contributed by atoms with van der Waals surface area (Å²) < 4.78 is 2.81. The van der Waals surface area contributed by atoms with E-state index in [0.29, 0.717) is 11.3 Å². The largest absolute Gasteiger partial charge is 0.319 e. The van der Waals surface area contributed by atoms with Crippen LogP contribution in [0.25, 0.3) is 22.2 Å². The molecule has 5 rings (SSSR count). The van der Waals surface area contributed by atoms with Gasteiger partial charge < -0.3 is 5.32 Å². The van der Waals surface area contributed by atoms with Crippen LogP contribution >= 0.6 is 15.9 Å². The van der Waals surface area contributed by atoms with Crippen molar-refractivity contribution in [2.45, 2.75) is 13.0 Å². The highest BCUT2D eigenvalue weighted by molar-refractivity contribution is 9.10. The topological polar surface area (TPSA) is 59.8 Å². The van der Waals surface area contributed by atoms with Gasteiger partial charge in [0, 0.05) is 28.2 Å². The molecule has 2 aromatic heterocycles. The molecule has 0 spiro atoms. The molecule has 0 fully saturated rings. The van der Waals surface area contributed by atoms with Gasteiger partial charge in [0.1, 0.15) is 0 Å². The molecule has 0 aliphatic rings. The summed E-state index contributed by atoms with van der Waals surface area (Å²) in [7, 11) is 0. The van der Waals surface area contributed by atoms with E-state index in [1.54, 1.807) is 6.20 Å². The van der Waals surface area contributed by atoms with Crippen molar-refractivity contribution in [3.63, 3.8) is 0 Å². The Balaban J connectivity index is 1.40. The Bertz CT molecular complexity index is 1430. The maximum atomic E-state index is 13.3. The number of aryl methyl sites for hydroxylation is 2. The number of amides is 1. The highest BCUT2D eigenvalue weighted by Crippen LogP contribution is 2.27. The van der Waals surface area contributed by atoms with E-state index in [1.165, 1.54) is 5.56 Å². The third-order valence-electron chi connectivity index (χ3n) is 5.44. The van der Waals surface area contributed by atoms with Crippen LogP contribution < -0.4 is 5.32 Å². The molecule has 0 bridgehead atoms. The first kappa shape index (κ1) is 21.1. The summed E-state index contributed by atoms with van der Waals surface area (Å²) in [6.45, 7) is 0.741. The molecule has 0 saturated carbocycles. The molecule has 0 radical (unpaired) electrons. The van der Waals surface area contributed by atoms with E-state index in [2.05, 4.69) is 38.5 Å². The first-order valence-electron chi connectivity index (χ1n) is 10.7. The molecule has 33 heavy (non-hydrogen) atoms. The van der Waals surface area contributed by atoms with Gasteiger partial charge in [0.15, 0.2) is 0 Å². The Hall–Kier alpha value is -3.77. The Labute approximate surface area is 200 Å². The second-order valence-electron chi connectivity index (χ2n) is 7.76. The SMILES string of the molecule is O=C(Nc1cnn(CCc2ccccc2)c1)c1cc(-c2cccc(Br)c2)nc2ccccc12. The lowest BCUT2D eigenvalue weighted by atomic mass is 10.0. The molecule has 1 amide bonds. The lowest BCUT2D eigenvalue weighted by molar-refractivity contribution is 0.102. The highest BCUT2D eigenvalue weighted by atomic mass is 79.9. The molecule has 1 N–H and O–H groups in total. The molecule has 5 nitrogen and oxygen atoms in total. The Morgan fingerprint density at radius 2 is 1.76 bits per heavy atom. The molecule has 6 heteroatoms. The van der Waals surface area contributed by atoms with Crippen LogP contribution in [0.15, 0.2) is 102 Å². The van der Waals surface area contributed by atoms with Gasteiger partial charge in [-0.15, -0.1) is 0 Å². The summed E-state index contributed by atoms with van der Waals surface area (Å²) >= 11 is 3.51. The van der Waals surface area contributed by atoms with Crippen molar-refractivity contribution in [3.8, 4) is 11.3 Å². The van der Waals surface area contributed by atoms with Gasteiger partial charge in [-0.3, -0.25) is 9.48 Å². The van der Waals surface area contributed by atoms with Gasteiger partial charge in [-0.1, -0.05) is 76.6 Å². The number of para-hydroxylation sites is 1. The number of hydrogen-bond acceptors (Lipinski definition) is 3. The number of rotatable bonds is 6. The van der Waals surface area contributed by atoms with Gasteiger partial charge in [0.25, 0.3) is 5.91 Å². The predicted molar refractivity (Wildman–Crippen MR) is 135 cm³/mol. The maximum Gasteiger partial charge on any atom is 0.256 e. The minimum Gasteiger partial charge on any atom is -0.319 e. The molecule has 0 atom stereocenters. The second kappa shape index (κ2) is 9.38. The predicted octanol–water partition coefficient (Wildman–Crippen LogP) is 6.36. The molecule has 0 saturated heterocycles. The van der Waals surface area contributed by atoms with Gasteiger partial charge in [-0.05, 0) is 36.2 Å². The normalized spacial score (nSPS) is 10.9. The van der Waals surface area contributed by atoms with Gasteiger partial charge >= 0.3 is 0 Å². The first-order valence-corrected chi connectivity index (χ1v) is 11.5. The summed E-state index contributed by atoms with van der Waals surface area (Å²) in [5.74, 6) is -0.188. The van der Waals surface area contributed by atoms with Crippen LogP contribution in [0.1, 0.15) is 15.9 Å². The molecule has 3 aromatic carbocycles. The van der Waals surface area contributed by atoms with E-state index in [9.17, 15) is 4.79 Å². The van der Waals surface area contributed by atoms with Crippen LogP contribution in [0.3, 0.4) is 0 Å². The first-order chi connectivity index (χ1) is 16.2. The van der Waals surface area contributed by atoms with E-state index < -0.39 is 0 Å². The average Bonchev–Trinajstić information content (AvgIpc) is 3.30. The summed E-state index contributed by atoms with van der Waals surface area (Å²) in [6.07, 6.45) is 4.42. The van der Waals surface area contributed by atoms with Gasteiger partial charge in [-0.25, -0.2) is 4.98 Å². The zero-order valence-corrected chi connectivity index (χ0v) is 19.4. The molecule has 0 aliphatic heterocycles. The molecule has 0 aliphatic carbocycles. The van der Waals surface area contributed by atoms with E-state index in [-0.39, 0.29) is 5.91 Å². The monoisotopic (exact) mass is 496 g/mol. The Morgan fingerprint density at radius 1 is 0.939 bits per heavy atom. The smallest absolute Gasteiger partial charge is 0.256 e. The molecular formula is C27H21BrN4O. The van der Waals surface area contributed by atoms with Gasteiger partial charge in [0.2, 0.25) is 0 Å². The summed E-state index contributed by atoms with van der Waals surface area (Å²) in [6, 6.07) is 27.7. The van der Waals surface area contributed by atoms with Crippen molar-refractivity contribution < 1.29 is 4.79 Å². The van der Waals surface area contributed by atoms with Crippen LogP contribution in [-0.2, 0) is 13.0 Å². The number of benzene rings is 3. The Kier molecular flexibility index (Phi) is 6.00. The lowest BCUT2D eigenvalue weighted by Gasteiger charge is -2.10. The Morgan fingerprint density at radius 3 is 2.61 bits per heavy atom. The fraction of sp³-hybridized carbons (Fsp3) is 0.0741. The van der Waals surface area contributed by atoms with Crippen LogP contribution in [0.5, 0.6) is 0 Å². The minimum atomic E-state index is -0.188. The van der Waals surface area contributed by atoms with E-state index >= 15 is 0 Å². The maximum absolute atomic E-state index is 13.3. The molecule has 162 valence electrons. The quantitative estimate of drug-likeness (QED) is 0.297. The zero-order valence-electron chi connectivity index (χ0n) is 17.8.